The third-order valence-corrected chi connectivity index (χ3v) is 5.37. The van der Waals surface area contributed by atoms with Gasteiger partial charge in [0.05, 0.1) is 4.92 Å². The summed E-state index contributed by atoms with van der Waals surface area (Å²) >= 11 is 12.2. The lowest BCUT2D eigenvalue weighted by Crippen LogP contribution is -2.32. The summed E-state index contributed by atoms with van der Waals surface area (Å²) in [5, 5.41) is 12.0. The Morgan fingerprint density at radius 2 is 1.79 bits per heavy atom. The smallest absolute Gasteiger partial charge is 0.269 e. The van der Waals surface area contributed by atoms with Crippen molar-refractivity contribution in [1.82, 2.24) is 4.90 Å². The highest BCUT2D eigenvalue weighted by Gasteiger charge is 2.15. The van der Waals surface area contributed by atoms with Crippen LogP contribution < -0.4 is 0 Å². The number of hydrogen-bond acceptors (Lipinski definition) is 3. The summed E-state index contributed by atoms with van der Waals surface area (Å²) in [5.74, 6) is 0.0875. The van der Waals surface area contributed by atoms with Crippen LogP contribution in [-0.4, -0.2) is 22.3 Å². The number of nitrogens with zero attached hydrogens (tertiary/aromatic N) is 2. The second kappa shape index (κ2) is 11.8. The van der Waals surface area contributed by atoms with Crippen LogP contribution >= 0.6 is 23.2 Å². The Balaban J connectivity index is 2.07. The Morgan fingerprint density at radius 1 is 1.07 bits per heavy atom. The zero-order chi connectivity index (χ0) is 21.2. The maximum Gasteiger partial charge on any atom is 0.269 e. The number of non-ortho nitro benzene ring substituents is 1. The van der Waals surface area contributed by atoms with E-state index in [0.717, 1.165) is 36.8 Å². The van der Waals surface area contributed by atoms with Crippen molar-refractivity contribution in [2.24, 2.45) is 0 Å². The Kier molecular flexibility index (Phi) is 9.42. The topological polar surface area (TPSA) is 63.5 Å². The number of carbonyl (C=O) groups is 1. The minimum Gasteiger partial charge on any atom is -0.338 e. The molecule has 0 aliphatic rings. The molecule has 2 rings (SSSR count). The molecular formula is C22H26Cl2N2O3. The molecule has 0 heterocycles. The molecule has 156 valence electrons. The van der Waals surface area contributed by atoms with Crippen LogP contribution in [-0.2, 0) is 17.8 Å². The summed E-state index contributed by atoms with van der Waals surface area (Å²) in [6.07, 6.45) is 5.26. The molecule has 29 heavy (non-hydrogen) atoms. The number of hydrogen-bond donors (Lipinski definition) is 0. The zero-order valence-corrected chi connectivity index (χ0v) is 18.1. The van der Waals surface area contributed by atoms with Gasteiger partial charge in [-0.1, -0.05) is 67.6 Å². The van der Waals surface area contributed by atoms with Gasteiger partial charge in [-0.15, -0.1) is 0 Å². The van der Waals surface area contributed by atoms with Crippen LogP contribution in [0.4, 0.5) is 5.69 Å². The molecule has 0 aliphatic heterocycles. The minimum atomic E-state index is -0.428. The SMILES string of the molecule is CCCCCCC(=O)N(CCc1ccc(Cl)cc1Cl)Cc1ccc([N+](=O)[O-])cc1. The van der Waals surface area contributed by atoms with Crippen molar-refractivity contribution < 1.29 is 9.72 Å². The average Bonchev–Trinajstić information content (AvgIpc) is 2.69. The summed E-state index contributed by atoms with van der Waals surface area (Å²) < 4.78 is 0. The quantitative estimate of drug-likeness (QED) is 0.231. The molecule has 0 aromatic heterocycles. The molecule has 0 saturated heterocycles. The summed E-state index contributed by atoms with van der Waals surface area (Å²) in [4.78, 5) is 25.0. The Labute approximate surface area is 181 Å². The number of halogens is 2. The molecule has 0 spiro atoms. The van der Waals surface area contributed by atoms with E-state index in [-0.39, 0.29) is 11.6 Å². The second-order valence-corrected chi connectivity index (χ2v) is 7.88. The maximum atomic E-state index is 12.8. The zero-order valence-electron chi connectivity index (χ0n) is 16.6. The number of amides is 1. The third-order valence-electron chi connectivity index (χ3n) is 4.78. The molecule has 0 bridgehead atoms. The van der Waals surface area contributed by atoms with Crippen LogP contribution in [0.5, 0.6) is 0 Å². The summed E-state index contributed by atoms with van der Waals surface area (Å²) in [6, 6.07) is 11.7. The first-order valence-electron chi connectivity index (χ1n) is 9.85. The number of nitro benzene ring substituents is 1. The van der Waals surface area contributed by atoms with Crippen molar-refractivity contribution in [1.29, 1.82) is 0 Å². The molecule has 2 aromatic carbocycles. The molecule has 0 fully saturated rings. The molecule has 0 atom stereocenters. The van der Waals surface area contributed by atoms with E-state index in [1.54, 1.807) is 29.2 Å². The van der Waals surface area contributed by atoms with Gasteiger partial charge in [-0.2, -0.15) is 0 Å². The maximum absolute atomic E-state index is 12.8. The lowest BCUT2D eigenvalue weighted by Gasteiger charge is -2.23. The van der Waals surface area contributed by atoms with Gasteiger partial charge in [-0.05, 0) is 36.1 Å². The highest BCUT2D eigenvalue weighted by atomic mass is 35.5. The van der Waals surface area contributed by atoms with Crippen molar-refractivity contribution in [3.8, 4) is 0 Å². The van der Waals surface area contributed by atoms with E-state index in [1.807, 2.05) is 6.07 Å². The van der Waals surface area contributed by atoms with Crippen LogP contribution in [0.25, 0.3) is 0 Å². The lowest BCUT2D eigenvalue weighted by atomic mass is 10.1. The standard InChI is InChI=1S/C22H26Cl2N2O3/c1-2-3-4-5-6-22(27)25(14-13-18-9-10-19(23)15-21(18)24)16-17-7-11-20(12-8-17)26(28)29/h7-12,15H,2-6,13-14,16H2,1H3. The van der Waals surface area contributed by atoms with E-state index < -0.39 is 4.92 Å². The monoisotopic (exact) mass is 436 g/mol. The molecule has 0 radical (unpaired) electrons. The van der Waals surface area contributed by atoms with E-state index >= 15 is 0 Å². The van der Waals surface area contributed by atoms with E-state index in [4.69, 9.17) is 23.2 Å². The average molecular weight is 437 g/mol. The molecule has 0 saturated carbocycles. The fourth-order valence-corrected chi connectivity index (χ4v) is 3.58. The molecule has 0 unspecified atom stereocenters. The van der Waals surface area contributed by atoms with E-state index in [2.05, 4.69) is 6.92 Å². The highest BCUT2D eigenvalue weighted by molar-refractivity contribution is 6.35. The second-order valence-electron chi connectivity index (χ2n) is 7.04. The molecule has 0 N–H and O–H groups in total. The number of unbranched alkanes of at least 4 members (excludes halogenated alkanes) is 3. The summed E-state index contributed by atoms with van der Waals surface area (Å²) in [6.45, 7) is 3.07. The van der Waals surface area contributed by atoms with Crippen LogP contribution in [0.15, 0.2) is 42.5 Å². The van der Waals surface area contributed by atoms with Crippen molar-refractivity contribution in [3.63, 3.8) is 0 Å². The Morgan fingerprint density at radius 3 is 2.41 bits per heavy atom. The fraction of sp³-hybridized carbons (Fsp3) is 0.409. The van der Waals surface area contributed by atoms with Gasteiger partial charge in [-0.25, -0.2) is 0 Å². The normalized spacial score (nSPS) is 10.7. The van der Waals surface area contributed by atoms with Crippen LogP contribution in [0, 0.1) is 10.1 Å². The minimum absolute atomic E-state index is 0.0409. The Hall–Kier alpha value is -2.11. The first-order chi connectivity index (χ1) is 13.9. The summed E-state index contributed by atoms with van der Waals surface area (Å²) in [5.41, 5.74) is 1.84. The predicted octanol–water partition coefficient (Wildman–Crippen LogP) is 6.44. The molecule has 2 aromatic rings. The van der Waals surface area contributed by atoms with Gasteiger partial charge in [0.25, 0.3) is 5.69 Å². The van der Waals surface area contributed by atoms with Crippen LogP contribution in [0.3, 0.4) is 0 Å². The molecule has 7 heteroatoms. The van der Waals surface area contributed by atoms with Gasteiger partial charge in [0.2, 0.25) is 5.91 Å². The van der Waals surface area contributed by atoms with Crippen molar-refractivity contribution in [2.45, 2.75) is 52.0 Å². The van der Waals surface area contributed by atoms with Crippen molar-refractivity contribution >= 4 is 34.8 Å². The first-order valence-corrected chi connectivity index (χ1v) is 10.6. The number of benzene rings is 2. The Bertz CT molecular complexity index is 825. The van der Waals surface area contributed by atoms with Gasteiger partial charge >= 0.3 is 0 Å². The third kappa shape index (κ3) is 7.67. The van der Waals surface area contributed by atoms with Gasteiger partial charge in [0.15, 0.2) is 0 Å². The molecule has 0 aliphatic carbocycles. The van der Waals surface area contributed by atoms with Gasteiger partial charge in [-0.3, -0.25) is 14.9 Å². The summed E-state index contributed by atoms with van der Waals surface area (Å²) in [7, 11) is 0. The largest absolute Gasteiger partial charge is 0.338 e. The van der Waals surface area contributed by atoms with E-state index in [1.165, 1.54) is 12.1 Å². The van der Waals surface area contributed by atoms with Crippen LogP contribution in [0.2, 0.25) is 10.0 Å². The van der Waals surface area contributed by atoms with E-state index in [0.29, 0.717) is 36.0 Å². The van der Waals surface area contributed by atoms with Crippen molar-refractivity contribution in [3.05, 3.63) is 73.8 Å². The first kappa shape index (κ1) is 23.2. The van der Waals surface area contributed by atoms with Gasteiger partial charge in [0, 0.05) is 41.7 Å². The number of nitro groups is 1. The van der Waals surface area contributed by atoms with Crippen LogP contribution in [0.1, 0.15) is 50.2 Å². The fourth-order valence-electron chi connectivity index (χ4n) is 3.08. The molecular weight excluding hydrogens is 411 g/mol. The number of carbonyl (C=O) groups excluding carboxylic acids is 1. The highest BCUT2D eigenvalue weighted by Crippen LogP contribution is 2.22. The van der Waals surface area contributed by atoms with Gasteiger partial charge in [0.1, 0.15) is 0 Å². The van der Waals surface area contributed by atoms with Crippen molar-refractivity contribution in [2.75, 3.05) is 6.54 Å². The van der Waals surface area contributed by atoms with Gasteiger partial charge < -0.3 is 4.90 Å². The molecule has 5 nitrogen and oxygen atoms in total. The predicted molar refractivity (Wildman–Crippen MR) is 117 cm³/mol. The van der Waals surface area contributed by atoms with E-state index in [9.17, 15) is 14.9 Å². The lowest BCUT2D eigenvalue weighted by molar-refractivity contribution is -0.384. The number of rotatable bonds is 11. The molecule has 1 amide bonds.